The first kappa shape index (κ1) is 12.3. The maximum absolute atomic E-state index is 12.0. The van der Waals surface area contributed by atoms with E-state index in [0.29, 0.717) is 0 Å². The molecule has 4 amide bonds. The molecule has 2 atom stereocenters. The summed E-state index contributed by atoms with van der Waals surface area (Å²) in [6.07, 6.45) is 5.68. The summed E-state index contributed by atoms with van der Waals surface area (Å²) in [5.41, 5.74) is 0. The molecule has 2 rings (SSSR count). The molecule has 0 aromatic rings. The third-order valence-corrected chi connectivity index (χ3v) is 3.16. The van der Waals surface area contributed by atoms with E-state index in [-0.39, 0.29) is 31.6 Å². The molecule has 1 N–H and O–H groups in total. The third-order valence-electron chi connectivity index (χ3n) is 3.16. The largest absolute Gasteiger partial charge is 0.295 e. The van der Waals surface area contributed by atoms with Gasteiger partial charge in [-0.15, -0.1) is 12.3 Å². The Balaban J connectivity index is 2.16. The molecule has 0 aliphatic carbocycles. The van der Waals surface area contributed by atoms with E-state index in [0.717, 1.165) is 4.90 Å². The fraction of sp³-hybridized carbons (Fsp3) is 0.500. The van der Waals surface area contributed by atoms with Crippen LogP contribution in [0.4, 0.5) is 0 Å². The lowest BCUT2D eigenvalue weighted by atomic mass is 10.0. The Morgan fingerprint density at radius 2 is 2.06 bits per heavy atom. The molecule has 6 heteroatoms. The Bertz CT molecular complexity index is 477. The molecular formula is C12H12N2O4. The van der Waals surface area contributed by atoms with E-state index in [2.05, 4.69) is 11.2 Å². The van der Waals surface area contributed by atoms with Crippen LogP contribution in [0.15, 0.2) is 0 Å². The molecule has 2 fully saturated rings. The highest BCUT2D eigenvalue weighted by Crippen LogP contribution is 2.26. The van der Waals surface area contributed by atoms with E-state index in [9.17, 15) is 19.2 Å². The highest BCUT2D eigenvalue weighted by atomic mass is 16.2. The van der Waals surface area contributed by atoms with E-state index in [4.69, 9.17) is 6.42 Å². The number of piperidine rings is 1. The van der Waals surface area contributed by atoms with Crippen LogP contribution < -0.4 is 5.32 Å². The van der Waals surface area contributed by atoms with Crippen molar-refractivity contribution in [1.82, 2.24) is 10.2 Å². The van der Waals surface area contributed by atoms with Gasteiger partial charge in [0.1, 0.15) is 6.04 Å². The van der Waals surface area contributed by atoms with Gasteiger partial charge in [-0.2, -0.15) is 0 Å². The Labute approximate surface area is 104 Å². The van der Waals surface area contributed by atoms with Gasteiger partial charge < -0.3 is 0 Å². The van der Waals surface area contributed by atoms with Gasteiger partial charge in [-0.3, -0.25) is 29.4 Å². The molecule has 2 aliphatic rings. The predicted molar refractivity (Wildman–Crippen MR) is 59.6 cm³/mol. The molecule has 0 bridgehead atoms. The number of nitrogens with one attached hydrogen (secondary N) is 1. The second-order valence-electron chi connectivity index (χ2n) is 4.38. The van der Waals surface area contributed by atoms with E-state index in [1.165, 1.54) is 0 Å². The topological polar surface area (TPSA) is 83.6 Å². The van der Waals surface area contributed by atoms with Gasteiger partial charge in [0.25, 0.3) is 0 Å². The standard InChI is InChI=1S/C12H12N2O4/c1-2-3-7-6-10(16)14(12(7)18)8-4-5-9(15)13-11(8)17/h1,7-8H,3-6H2,(H,13,15,17). The Kier molecular flexibility index (Phi) is 3.15. The Hall–Kier alpha value is -2.16. The number of carbonyl (C=O) groups is 4. The molecule has 0 radical (unpaired) electrons. The zero-order chi connectivity index (χ0) is 13.3. The van der Waals surface area contributed by atoms with Crippen molar-refractivity contribution in [3.05, 3.63) is 0 Å². The first-order valence-electron chi connectivity index (χ1n) is 5.67. The average molecular weight is 248 g/mol. The molecule has 6 nitrogen and oxygen atoms in total. The van der Waals surface area contributed by atoms with Gasteiger partial charge in [-0.1, -0.05) is 0 Å². The molecule has 0 saturated carbocycles. The fourth-order valence-electron chi connectivity index (χ4n) is 2.27. The maximum Gasteiger partial charge on any atom is 0.249 e. The summed E-state index contributed by atoms with van der Waals surface area (Å²) in [5.74, 6) is 0.0424. The molecule has 0 aromatic heterocycles. The molecular weight excluding hydrogens is 236 g/mol. The monoisotopic (exact) mass is 248 g/mol. The van der Waals surface area contributed by atoms with Gasteiger partial charge in [0, 0.05) is 19.3 Å². The lowest BCUT2D eigenvalue weighted by Gasteiger charge is -2.28. The second-order valence-corrected chi connectivity index (χ2v) is 4.38. The number of hydrogen-bond donors (Lipinski definition) is 1. The number of amides is 4. The molecule has 2 aliphatic heterocycles. The molecule has 2 heterocycles. The van der Waals surface area contributed by atoms with Crippen molar-refractivity contribution in [1.29, 1.82) is 0 Å². The first-order chi connectivity index (χ1) is 8.54. The number of terminal acetylenes is 1. The van der Waals surface area contributed by atoms with E-state index >= 15 is 0 Å². The van der Waals surface area contributed by atoms with Gasteiger partial charge >= 0.3 is 0 Å². The van der Waals surface area contributed by atoms with Crippen LogP contribution in [0.3, 0.4) is 0 Å². The van der Waals surface area contributed by atoms with E-state index < -0.39 is 29.7 Å². The van der Waals surface area contributed by atoms with Crippen molar-refractivity contribution in [2.45, 2.75) is 31.7 Å². The SMILES string of the molecule is C#CCC1CC(=O)N(C2CCC(=O)NC2=O)C1=O. The van der Waals surface area contributed by atoms with E-state index in [1.807, 2.05) is 0 Å². The normalized spacial score (nSPS) is 28.3. The van der Waals surface area contributed by atoms with Gasteiger partial charge in [0.2, 0.25) is 23.6 Å². The number of carbonyl (C=O) groups excluding carboxylic acids is 4. The van der Waals surface area contributed by atoms with Crippen LogP contribution in [-0.2, 0) is 19.2 Å². The number of nitrogens with zero attached hydrogens (tertiary/aromatic N) is 1. The summed E-state index contributed by atoms with van der Waals surface area (Å²) < 4.78 is 0. The van der Waals surface area contributed by atoms with Gasteiger partial charge in [0.05, 0.1) is 5.92 Å². The predicted octanol–water partition coefficient (Wildman–Crippen LogP) is -0.810. The molecule has 2 unspecified atom stereocenters. The Morgan fingerprint density at radius 1 is 1.33 bits per heavy atom. The third kappa shape index (κ3) is 1.99. The van der Waals surface area contributed by atoms with Crippen molar-refractivity contribution >= 4 is 23.6 Å². The Morgan fingerprint density at radius 3 is 2.67 bits per heavy atom. The van der Waals surface area contributed by atoms with Crippen LogP contribution in [-0.4, -0.2) is 34.6 Å². The number of rotatable bonds is 2. The van der Waals surface area contributed by atoms with Crippen molar-refractivity contribution in [2.24, 2.45) is 5.92 Å². The number of likely N-dealkylation sites (tertiary alicyclic amines) is 1. The zero-order valence-electron chi connectivity index (χ0n) is 9.64. The van der Waals surface area contributed by atoms with E-state index in [1.54, 1.807) is 0 Å². The van der Waals surface area contributed by atoms with Crippen LogP contribution in [0.5, 0.6) is 0 Å². The average Bonchev–Trinajstić information content (AvgIpc) is 2.56. The van der Waals surface area contributed by atoms with Crippen LogP contribution >= 0.6 is 0 Å². The number of hydrogen-bond acceptors (Lipinski definition) is 4. The highest BCUT2D eigenvalue weighted by Gasteiger charge is 2.45. The van der Waals surface area contributed by atoms with Crippen molar-refractivity contribution in [2.75, 3.05) is 0 Å². The van der Waals surface area contributed by atoms with Crippen LogP contribution in [0.25, 0.3) is 0 Å². The highest BCUT2D eigenvalue weighted by molar-refractivity contribution is 6.09. The van der Waals surface area contributed by atoms with Crippen molar-refractivity contribution in [3.63, 3.8) is 0 Å². The van der Waals surface area contributed by atoms with Crippen LogP contribution in [0.1, 0.15) is 25.7 Å². The number of imide groups is 2. The summed E-state index contributed by atoms with van der Waals surface area (Å²) in [6.45, 7) is 0. The summed E-state index contributed by atoms with van der Waals surface area (Å²) in [7, 11) is 0. The van der Waals surface area contributed by atoms with Gasteiger partial charge in [-0.05, 0) is 6.42 Å². The van der Waals surface area contributed by atoms with Crippen LogP contribution in [0, 0.1) is 18.3 Å². The minimum atomic E-state index is -0.870. The first-order valence-corrected chi connectivity index (χ1v) is 5.67. The molecule has 94 valence electrons. The zero-order valence-corrected chi connectivity index (χ0v) is 9.64. The molecule has 0 spiro atoms. The second kappa shape index (κ2) is 4.61. The fourth-order valence-corrected chi connectivity index (χ4v) is 2.27. The molecule has 2 saturated heterocycles. The summed E-state index contributed by atoms with van der Waals surface area (Å²) in [6, 6.07) is -0.870. The summed E-state index contributed by atoms with van der Waals surface area (Å²) in [5, 5.41) is 2.13. The molecule has 0 aromatic carbocycles. The van der Waals surface area contributed by atoms with Gasteiger partial charge in [-0.25, -0.2) is 0 Å². The maximum atomic E-state index is 12.0. The minimum Gasteiger partial charge on any atom is -0.295 e. The lowest BCUT2D eigenvalue weighted by Crippen LogP contribution is -2.54. The van der Waals surface area contributed by atoms with Crippen molar-refractivity contribution < 1.29 is 19.2 Å². The quantitative estimate of drug-likeness (QED) is 0.511. The smallest absolute Gasteiger partial charge is 0.249 e. The molecule has 18 heavy (non-hydrogen) atoms. The van der Waals surface area contributed by atoms with Crippen LogP contribution in [0.2, 0.25) is 0 Å². The lowest BCUT2D eigenvalue weighted by molar-refractivity contribution is -0.151. The van der Waals surface area contributed by atoms with Crippen molar-refractivity contribution in [3.8, 4) is 12.3 Å². The summed E-state index contributed by atoms with van der Waals surface area (Å²) >= 11 is 0. The summed E-state index contributed by atoms with van der Waals surface area (Å²) in [4.78, 5) is 47.4. The van der Waals surface area contributed by atoms with Gasteiger partial charge in [0.15, 0.2) is 0 Å². The minimum absolute atomic E-state index is 0.0424.